The van der Waals surface area contributed by atoms with Crippen LogP contribution >= 0.6 is 23.1 Å². The van der Waals surface area contributed by atoms with E-state index in [1.54, 1.807) is 13.8 Å². The quantitative estimate of drug-likeness (QED) is 0.681. The summed E-state index contributed by atoms with van der Waals surface area (Å²) in [6, 6.07) is 7.44. The molecule has 3 N–H and O–H groups in total. The van der Waals surface area contributed by atoms with E-state index in [-0.39, 0.29) is 5.91 Å². The van der Waals surface area contributed by atoms with Crippen LogP contribution in [0.25, 0.3) is 0 Å². The Morgan fingerprint density at radius 1 is 1.33 bits per heavy atom. The van der Waals surface area contributed by atoms with Crippen molar-refractivity contribution >= 4 is 45.9 Å². The summed E-state index contributed by atoms with van der Waals surface area (Å²) < 4.78 is 0.656. The van der Waals surface area contributed by atoms with E-state index in [1.807, 2.05) is 31.2 Å². The van der Waals surface area contributed by atoms with E-state index in [4.69, 9.17) is 0 Å². The van der Waals surface area contributed by atoms with Crippen molar-refractivity contribution < 1.29 is 9.59 Å². The minimum Gasteiger partial charge on any atom is -0.338 e. The van der Waals surface area contributed by atoms with Crippen molar-refractivity contribution in [3.63, 3.8) is 0 Å². The number of nitrogens with one attached hydrogen (secondary N) is 3. The molecule has 0 saturated carbocycles. The molecule has 1 unspecified atom stereocenters. The van der Waals surface area contributed by atoms with Gasteiger partial charge in [0.2, 0.25) is 11.0 Å². The van der Waals surface area contributed by atoms with Crippen molar-refractivity contribution in [3.8, 4) is 0 Å². The molecule has 3 amide bonds. The lowest BCUT2D eigenvalue weighted by molar-refractivity contribution is -0.119. The third-order valence-electron chi connectivity index (χ3n) is 2.90. The van der Waals surface area contributed by atoms with Crippen molar-refractivity contribution in [3.05, 3.63) is 29.8 Å². The second kappa shape index (κ2) is 8.65. The van der Waals surface area contributed by atoms with Crippen molar-refractivity contribution in [2.45, 2.75) is 30.4 Å². The van der Waals surface area contributed by atoms with Crippen molar-refractivity contribution in [2.24, 2.45) is 0 Å². The number of anilines is 2. The number of amides is 3. The highest BCUT2D eigenvalue weighted by molar-refractivity contribution is 8.02. The van der Waals surface area contributed by atoms with Gasteiger partial charge in [-0.2, -0.15) is 0 Å². The zero-order chi connectivity index (χ0) is 17.5. The summed E-state index contributed by atoms with van der Waals surface area (Å²) in [4.78, 5) is 23.3. The second-order valence-electron chi connectivity index (χ2n) is 4.98. The Hall–Kier alpha value is -2.13. The molecule has 0 fully saturated rings. The van der Waals surface area contributed by atoms with Gasteiger partial charge < -0.3 is 10.6 Å². The van der Waals surface area contributed by atoms with Crippen LogP contribution in [0.5, 0.6) is 0 Å². The minimum atomic E-state index is -0.492. The van der Waals surface area contributed by atoms with Gasteiger partial charge in [-0.3, -0.25) is 10.1 Å². The molecule has 128 valence electrons. The highest BCUT2D eigenvalue weighted by atomic mass is 32.2. The molecule has 0 bridgehead atoms. The SMILES string of the molecule is CCNC(=O)NC(=O)C(C)Sc1nnc(Nc2cccc(C)c2)s1. The maximum Gasteiger partial charge on any atom is 0.321 e. The largest absolute Gasteiger partial charge is 0.338 e. The number of thioether (sulfide) groups is 1. The van der Waals surface area contributed by atoms with Crippen LogP contribution in [0.1, 0.15) is 19.4 Å². The van der Waals surface area contributed by atoms with E-state index in [9.17, 15) is 9.59 Å². The molecule has 0 radical (unpaired) electrons. The van der Waals surface area contributed by atoms with E-state index in [0.29, 0.717) is 16.0 Å². The van der Waals surface area contributed by atoms with Crippen molar-refractivity contribution in [1.29, 1.82) is 0 Å². The number of carbonyl (C=O) groups excluding carboxylic acids is 2. The molecule has 1 aromatic heterocycles. The molecule has 1 aromatic carbocycles. The third kappa shape index (κ3) is 5.50. The average molecular weight is 365 g/mol. The fraction of sp³-hybridized carbons (Fsp3) is 0.333. The monoisotopic (exact) mass is 365 g/mol. The van der Waals surface area contributed by atoms with Gasteiger partial charge in [-0.25, -0.2) is 4.79 Å². The van der Waals surface area contributed by atoms with Crippen LogP contribution in [0.3, 0.4) is 0 Å². The summed E-state index contributed by atoms with van der Waals surface area (Å²) in [5, 5.41) is 16.3. The Bertz CT molecular complexity index is 719. The Labute approximate surface area is 148 Å². The first kappa shape index (κ1) is 18.2. The number of benzene rings is 1. The number of hydrogen-bond acceptors (Lipinski definition) is 7. The Balaban J connectivity index is 1.91. The van der Waals surface area contributed by atoms with Crippen LogP contribution in [0.2, 0.25) is 0 Å². The first-order valence-corrected chi connectivity index (χ1v) is 9.10. The van der Waals surface area contributed by atoms with E-state index in [2.05, 4.69) is 26.1 Å². The Morgan fingerprint density at radius 2 is 2.12 bits per heavy atom. The lowest BCUT2D eigenvalue weighted by Crippen LogP contribution is -2.42. The fourth-order valence-electron chi connectivity index (χ4n) is 1.78. The summed E-state index contributed by atoms with van der Waals surface area (Å²) in [6.07, 6.45) is 0. The Morgan fingerprint density at radius 3 is 2.83 bits per heavy atom. The third-order valence-corrected chi connectivity index (χ3v) is 4.92. The molecule has 0 aliphatic rings. The number of rotatable bonds is 6. The zero-order valence-electron chi connectivity index (χ0n) is 13.6. The summed E-state index contributed by atoms with van der Waals surface area (Å²) in [5.74, 6) is -0.366. The van der Waals surface area contributed by atoms with Gasteiger partial charge in [-0.05, 0) is 38.5 Å². The van der Waals surface area contributed by atoms with Gasteiger partial charge in [0.15, 0.2) is 4.34 Å². The number of aromatic nitrogens is 2. The van der Waals surface area contributed by atoms with Gasteiger partial charge in [0.25, 0.3) is 0 Å². The molecular weight excluding hydrogens is 346 g/mol. The van der Waals surface area contributed by atoms with E-state index in [0.717, 1.165) is 11.3 Å². The number of carbonyl (C=O) groups is 2. The molecule has 7 nitrogen and oxygen atoms in total. The summed E-state index contributed by atoms with van der Waals surface area (Å²) in [6.45, 7) is 5.98. The number of imide groups is 1. The van der Waals surface area contributed by atoms with Crippen molar-refractivity contribution in [1.82, 2.24) is 20.8 Å². The summed E-state index contributed by atoms with van der Waals surface area (Å²) in [7, 11) is 0. The van der Waals surface area contributed by atoms with Crippen molar-refractivity contribution in [2.75, 3.05) is 11.9 Å². The first-order chi connectivity index (χ1) is 11.5. The molecule has 0 spiro atoms. The number of urea groups is 1. The Kier molecular flexibility index (Phi) is 6.56. The van der Waals surface area contributed by atoms with E-state index in [1.165, 1.54) is 23.1 Å². The van der Waals surface area contributed by atoms with Crippen LogP contribution in [-0.4, -0.2) is 33.9 Å². The molecular formula is C15H19N5O2S2. The lowest BCUT2D eigenvalue weighted by Gasteiger charge is -2.09. The van der Waals surface area contributed by atoms with Crippen LogP contribution in [0.15, 0.2) is 28.6 Å². The van der Waals surface area contributed by atoms with Gasteiger partial charge in [0.05, 0.1) is 5.25 Å². The molecule has 1 atom stereocenters. The number of nitrogens with zero attached hydrogens (tertiary/aromatic N) is 2. The topological polar surface area (TPSA) is 96.0 Å². The van der Waals surface area contributed by atoms with Crippen LogP contribution in [0.4, 0.5) is 15.6 Å². The van der Waals surface area contributed by atoms with Crippen LogP contribution in [-0.2, 0) is 4.79 Å². The standard InChI is InChI=1S/C15H19N5O2S2/c1-4-16-13(22)18-12(21)10(3)23-15-20-19-14(24-15)17-11-7-5-6-9(2)8-11/h5-8,10H,4H2,1-3H3,(H,17,19)(H2,16,18,21,22). The zero-order valence-corrected chi connectivity index (χ0v) is 15.3. The van der Waals surface area contributed by atoms with Gasteiger partial charge in [0.1, 0.15) is 0 Å². The molecule has 1 heterocycles. The maximum absolute atomic E-state index is 11.9. The van der Waals surface area contributed by atoms with Gasteiger partial charge in [0, 0.05) is 12.2 Å². The molecule has 0 saturated heterocycles. The van der Waals surface area contributed by atoms with Gasteiger partial charge >= 0.3 is 6.03 Å². The molecule has 2 rings (SSSR count). The van der Waals surface area contributed by atoms with Gasteiger partial charge in [-0.1, -0.05) is 35.2 Å². The molecule has 9 heteroatoms. The molecule has 24 heavy (non-hydrogen) atoms. The summed E-state index contributed by atoms with van der Waals surface area (Å²) in [5.41, 5.74) is 2.08. The van der Waals surface area contributed by atoms with Crippen LogP contribution < -0.4 is 16.0 Å². The summed E-state index contributed by atoms with van der Waals surface area (Å²) >= 11 is 2.62. The normalized spacial score (nSPS) is 11.6. The van der Waals surface area contributed by atoms with Gasteiger partial charge in [-0.15, -0.1) is 10.2 Å². The fourth-order valence-corrected chi connectivity index (χ4v) is 3.69. The highest BCUT2D eigenvalue weighted by Gasteiger charge is 2.19. The number of aryl methyl sites for hydroxylation is 1. The van der Waals surface area contributed by atoms with Crippen LogP contribution in [0, 0.1) is 6.92 Å². The van der Waals surface area contributed by atoms with E-state index < -0.39 is 11.3 Å². The molecule has 2 aromatic rings. The second-order valence-corrected chi connectivity index (χ2v) is 7.54. The highest BCUT2D eigenvalue weighted by Crippen LogP contribution is 2.30. The first-order valence-electron chi connectivity index (χ1n) is 7.40. The predicted octanol–water partition coefficient (Wildman–Crippen LogP) is 2.92. The smallest absolute Gasteiger partial charge is 0.321 e. The molecule has 0 aliphatic heterocycles. The van der Waals surface area contributed by atoms with E-state index >= 15 is 0 Å². The maximum atomic E-state index is 11.9. The average Bonchev–Trinajstić information content (AvgIpc) is 2.94. The number of hydrogen-bond donors (Lipinski definition) is 3. The lowest BCUT2D eigenvalue weighted by atomic mass is 10.2. The molecule has 0 aliphatic carbocycles. The minimum absolute atomic E-state index is 0.366. The predicted molar refractivity (Wildman–Crippen MR) is 96.9 cm³/mol.